The first-order chi connectivity index (χ1) is 15.9. The first-order valence-electron chi connectivity index (χ1n) is 11.1. The van der Waals surface area contributed by atoms with E-state index in [1.807, 2.05) is 0 Å². The quantitative estimate of drug-likeness (QED) is 0.275. The Balaban J connectivity index is 1.55. The molecule has 8 heteroatoms. The molecule has 1 atom stereocenters. The van der Waals surface area contributed by atoms with Crippen LogP contribution in [0.2, 0.25) is 0 Å². The summed E-state index contributed by atoms with van der Waals surface area (Å²) in [6.45, 7) is 1.62. The number of imide groups is 1. The van der Waals surface area contributed by atoms with E-state index in [0.29, 0.717) is 24.4 Å². The topological polar surface area (TPSA) is 97.1 Å². The summed E-state index contributed by atoms with van der Waals surface area (Å²) in [5.41, 5.74) is 1.64. The molecule has 0 saturated carbocycles. The molecule has 1 saturated heterocycles. The molecule has 8 nitrogen and oxygen atoms in total. The highest BCUT2D eigenvalue weighted by atomic mass is 16.5. The summed E-state index contributed by atoms with van der Waals surface area (Å²) < 4.78 is 10.3. The molecule has 1 aromatic heterocycles. The van der Waals surface area contributed by atoms with Crippen molar-refractivity contribution in [3.05, 3.63) is 60.1 Å². The second kappa shape index (κ2) is 9.85. The van der Waals surface area contributed by atoms with E-state index >= 15 is 0 Å². The van der Waals surface area contributed by atoms with Gasteiger partial charge in [0.25, 0.3) is 11.8 Å². The number of ether oxygens (including phenoxy) is 1. The highest BCUT2D eigenvalue weighted by Crippen LogP contribution is 2.29. The Morgan fingerprint density at radius 1 is 1.15 bits per heavy atom. The van der Waals surface area contributed by atoms with E-state index in [9.17, 15) is 19.2 Å². The van der Waals surface area contributed by atoms with Gasteiger partial charge in [0.15, 0.2) is 5.76 Å². The number of anilines is 1. The molecule has 4 rings (SSSR count). The molecule has 2 aliphatic rings. The molecule has 1 aliphatic heterocycles. The zero-order valence-corrected chi connectivity index (χ0v) is 18.5. The molecule has 0 N–H and O–H groups in total. The fraction of sp³-hybridized carbons (Fsp3) is 0.360. The Hall–Kier alpha value is -3.68. The zero-order chi connectivity index (χ0) is 23.4. The average molecular weight is 450 g/mol. The van der Waals surface area contributed by atoms with Crippen LogP contribution in [0, 0.1) is 0 Å². The van der Waals surface area contributed by atoms with Gasteiger partial charge in [-0.05, 0) is 68.5 Å². The summed E-state index contributed by atoms with van der Waals surface area (Å²) in [5, 5.41) is 0. The first-order valence-corrected chi connectivity index (χ1v) is 11.1. The Morgan fingerprint density at radius 2 is 1.94 bits per heavy atom. The van der Waals surface area contributed by atoms with Gasteiger partial charge >= 0.3 is 5.97 Å². The minimum atomic E-state index is -0.910. The third-order valence-electron chi connectivity index (χ3n) is 5.91. The molecule has 1 unspecified atom stereocenters. The van der Waals surface area contributed by atoms with Crippen LogP contribution in [-0.2, 0) is 14.4 Å². The van der Waals surface area contributed by atoms with Gasteiger partial charge in [0.2, 0.25) is 5.91 Å². The lowest BCUT2D eigenvalue weighted by atomic mass is 9.97. The molecule has 0 spiro atoms. The van der Waals surface area contributed by atoms with Crippen molar-refractivity contribution in [1.29, 1.82) is 0 Å². The van der Waals surface area contributed by atoms with Crippen LogP contribution in [0.1, 0.15) is 56.0 Å². The molecule has 1 fully saturated rings. The number of rotatable bonds is 7. The molecule has 1 aliphatic carbocycles. The summed E-state index contributed by atoms with van der Waals surface area (Å²) in [4.78, 5) is 53.0. The number of furan rings is 1. The summed E-state index contributed by atoms with van der Waals surface area (Å²) in [7, 11) is 0. The fourth-order valence-electron chi connectivity index (χ4n) is 4.30. The fourth-order valence-corrected chi connectivity index (χ4v) is 4.30. The second-order valence-corrected chi connectivity index (χ2v) is 8.21. The Labute approximate surface area is 191 Å². The molecule has 172 valence electrons. The number of carbonyl (C=O) groups excluding carboxylic acids is 4. The van der Waals surface area contributed by atoms with E-state index in [-0.39, 0.29) is 18.1 Å². The van der Waals surface area contributed by atoms with E-state index in [4.69, 9.17) is 9.15 Å². The zero-order valence-electron chi connectivity index (χ0n) is 18.5. The number of nitrogens with zero attached hydrogens (tertiary/aromatic N) is 2. The van der Waals surface area contributed by atoms with E-state index in [1.165, 1.54) is 42.2 Å². The van der Waals surface area contributed by atoms with Crippen molar-refractivity contribution >= 4 is 29.4 Å². The van der Waals surface area contributed by atoms with Crippen LogP contribution in [0.4, 0.5) is 5.69 Å². The van der Waals surface area contributed by atoms with Crippen molar-refractivity contribution < 1.29 is 28.3 Å². The van der Waals surface area contributed by atoms with Gasteiger partial charge in [-0.25, -0.2) is 4.90 Å². The summed E-state index contributed by atoms with van der Waals surface area (Å²) in [6.07, 6.45) is 8.47. The Bertz CT molecular complexity index is 1070. The number of hydrogen-bond acceptors (Lipinski definition) is 6. The number of hydrogen-bond donors (Lipinski definition) is 0. The number of amides is 3. The Morgan fingerprint density at radius 3 is 2.58 bits per heavy atom. The highest BCUT2D eigenvalue weighted by molar-refractivity contribution is 6.23. The average Bonchev–Trinajstić information content (AvgIpc) is 3.44. The summed E-state index contributed by atoms with van der Waals surface area (Å²) >= 11 is 0. The van der Waals surface area contributed by atoms with Crippen molar-refractivity contribution in [1.82, 2.24) is 4.90 Å². The lowest BCUT2D eigenvalue weighted by Crippen LogP contribution is -2.46. The number of esters is 1. The van der Waals surface area contributed by atoms with Crippen molar-refractivity contribution in [3.63, 3.8) is 0 Å². The number of allylic oxidation sites excluding steroid dienone is 1. The van der Waals surface area contributed by atoms with Crippen LogP contribution in [-0.4, -0.2) is 41.2 Å². The molecule has 2 heterocycles. The smallest absolute Gasteiger partial charge is 0.308 e. The largest absolute Gasteiger partial charge is 0.459 e. The normalized spacial score (nSPS) is 18.3. The monoisotopic (exact) mass is 450 g/mol. The Kier molecular flexibility index (Phi) is 6.72. The molecule has 1 aromatic carbocycles. The summed E-state index contributed by atoms with van der Waals surface area (Å²) in [5.74, 6) is -1.27. The SMILES string of the molecule is CC(=O)Oc1ccc(N2C(=O)CC(N(CCC3=CCCCC3)C(=O)c3ccco3)C2=O)cc1. The van der Waals surface area contributed by atoms with Crippen molar-refractivity contribution in [2.24, 2.45) is 0 Å². The van der Waals surface area contributed by atoms with Gasteiger partial charge in [0.05, 0.1) is 18.4 Å². The van der Waals surface area contributed by atoms with Crippen LogP contribution in [0.3, 0.4) is 0 Å². The van der Waals surface area contributed by atoms with Gasteiger partial charge in [0.1, 0.15) is 11.8 Å². The van der Waals surface area contributed by atoms with Gasteiger partial charge in [-0.15, -0.1) is 0 Å². The molecule has 2 aromatic rings. The van der Waals surface area contributed by atoms with Crippen molar-refractivity contribution in [2.75, 3.05) is 11.4 Å². The maximum absolute atomic E-state index is 13.3. The summed E-state index contributed by atoms with van der Waals surface area (Å²) in [6, 6.07) is 8.39. The predicted octanol–water partition coefficient (Wildman–Crippen LogP) is 3.87. The maximum atomic E-state index is 13.3. The lowest BCUT2D eigenvalue weighted by Gasteiger charge is -2.27. The number of carbonyl (C=O) groups is 4. The predicted molar refractivity (Wildman–Crippen MR) is 120 cm³/mol. The van der Waals surface area contributed by atoms with E-state index in [2.05, 4.69) is 6.08 Å². The van der Waals surface area contributed by atoms with E-state index < -0.39 is 23.8 Å². The van der Waals surface area contributed by atoms with Crippen LogP contribution in [0.25, 0.3) is 0 Å². The van der Waals surface area contributed by atoms with Crippen LogP contribution < -0.4 is 9.64 Å². The lowest BCUT2D eigenvalue weighted by molar-refractivity contribution is -0.132. The molecular formula is C25H26N2O6. The van der Waals surface area contributed by atoms with Gasteiger partial charge < -0.3 is 14.1 Å². The van der Waals surface area contributed by atoms with Gasteiger partial charge in [-0.3, -0.25) is 19.2 Å². The van der Waals surface area contributed by atoms with E-state index in [0.717, 1.165) is 24.2 Å². The highest BCUT2D eigenvalue weighted by Gasteiger charge is 2.44. The minimum Gasteiger partial charge on any atom is -0.459 e. The third-order valence-corrected chi connectivity index (χ3v) is 5.91. The third kappa shape index (κ3) is 5.05. The second-order valence-electron chi connectivity index (χ2n) is 8.21. The standard InChI is InChI=1S/C25H26N2O6/c1-17(28)33-20-11-9-19(10-12-20)27-23(29)16-21(24(27)30)26(25(31)22-8-5-15-32-22)14-13-18-6-3-2-4-7-18/h5-6,8-12,15,21H,2-4,7,13-14,16H2,1H3. The van der Waals surface area contributed by atoms with Gasteiger partial charge in [0, 0.05) is 13.5 Å². The van der Waals surface area contributed by atoms with E-state index in [1.54, 1.807) is 24.3 Å². The molecule has 33 heavy (non-hydrogen) atoms. The first kappa shape index (κ1) is 22.5. The van der Waals surface area contributed by atoms with Crippen molar-refractivity contribution in [3.8, 4) is 5.75 Å². The molecule has 3 amide bonds. The van der Waals surface area contributed by atoms with Crippen LogP contribution in [0.15, 0.2) is 58.7 Å². The number of benzene rings is 1. The molecule has 0 radical (unpaired) electrons. The van der Waals surface area contributed by atoms with Crippen LogP contribution in [0.5, 0.6) is 5.75 Å². The van der Waals surface area contributed by atoms with Gasteiger partial charge in [-0.1, -0.05) is 11.6 Å². The molecular weight excluding hydrogens is 424 g/mol. The van der Waals surface area contributed by atoms with Gasteiger partial charge in [-0.2, -0.15) is 0 Å². The minimum absolute atomic E-state index is 0.101. The molecule has 0 bridgehead atoms. The maximum Gasteiger partial charge on any atom is 0.308 e. The van der Waals surface area contributed by atoms with Crippen LogP contribution >= 0.6 is 0 Å². The van der Waals surface area contributed by atoms with Crippen molar-refractivity contribution in [2.45, 2.75) is 51.5 Å².